The van der Waals surface area contributed by atoms with E-state index in [0.717, 1.165) is 45.2 Å². The fraction of sp³-hybridized carbons (Fsp3) is 0.950. The van der Waals surface area contributed by atoms with Crippen molar-refractivity contribution in [3.05, 3.63) is 0 Å². The summed E-state index contributed by atoms with van der Waals surface area (Å²) in [4.78, 5) is 14.9. The Kier molecular flexibility index (Phi) is 4.62. The Bertz CT molecular complexity index is 503. The molecule has 0 unspecified atom stereocenters. The number of nitrogens with one attached hydrogen (secondary N) is 2. The fourth-order valence-corrected chi connectivity index (χ4v) is 6.83. The molecule has 5 heteroatoms. The largest absolute Gasteiger partial charge is 0.390 e. The molecule has 4 bridgehead atoms. The van der Waals surface area contributed by atoms with E-state index in [4.69, 9.17) is 0 Å². The van der Waals surface area contributed by atoms with Gasteiger partial charge in [0, 0.05) is 12.1 Å². The Morgan fingerprint density at radius 2 is 1.88 bits per heavy atom. The molecule has 0 radical (unpaired) electrons. The number of piperidine rings is 1. The van der Waals surface area contributed by atoms with E-state index in [0.29, 0.717) is 24.4 Å². The van der Waals surface area contributed by atoms with Gasteiger partial charge in [0.15, 0.2) is 0 Å². The van der Waals surface area contributed by atoms with Crippen molar-refractivity contribution in [3.8, 4) is 0 Å². The van der Waals surface area contributed by atoms with E-state index >= 15 is 0 Å². The van der Waals surface area contributed by atoms with Crippen molar-refractivity contribution >= 4 is 5.91 Å². The van der Waals surface area contributed by atoms with Crippen LogP contribution in [0.5, 0.6) is 0 Å². The third-order valence-corrected chi connectivity index (χ3v) is 7.70. The molecule has 4 aliphatic carbocycles. The van der Waals surface area contributed by atoms with Gasteiger partial charge in [0.1, 0.15) is 0 Å². The molecular formula is C20H35N3O2. The highest BCUT2D eigenvalue weighted by molar-refractivity contribution is 5.78. The van der Waals surface area contributed by atoms with Gasteiger partial charge in [-0.05, 0) is 95.7 Å². The molecule has 0 aromatic heterocycles. The molecule has 5 nitrogen and oxygen atoms in total. The van der Waals surface area contributed by atoms with Gasteiger partial charge in [0.2, 0.25) is 5.91 Å². The van der Waals surface area contributed by atoms with Crippen molar-refractivity contribution in [2.75, 3.05) is 26.7 Å². The van der Waals surface area contributed by atoms with Gasteiger partial charge >= 0.3 is 0 Å². The number of hydrogen-bond donors (Lipinski definition) is 3. The van der Waals surface area contributed by atoms with Gasteiger partial charge < -0.3 is 15.7 Å². The minimum absolute atomic E-state index is 0.127. The molecule has 0 aromatic rings. The standard InChI is InChI=1S/C20H35N3O2/c1-14(22-18(24)12-23(2)17-3-5-21-6-4-17)19-8-15-7-16(9-19)11-20(25,10-15)13-19/h14-17,21,25H,3-13H2,1-2H3,(H,22,24)/t14-,15-,16-,19?,20?/m1/s1. The van der Waals surface area contributed by atoms with Crippen LogP contribution < -0.4 is 10.6 Å². The van der Waals surface area contributed by atoms with Crippen LogP contribution in [0.1, 0.15) is 58.3 Å². The van der Waals surface area contributed by atoms with Gasteiger partial charge in [-0.2, -0.15) is 0 Å². The molecule has 1 aliphatic heterocycles. The predicted molar refractivity (Wildman–Crippen MR) is 98.2 cm³/mol. The Morgan fingerprint density at radius 1 is 1.24 bits per heavy atom. The fourth-order valence-electron chi connectivity index (χ4n) is 6.83. The minimum atomic E-state index is -0.449. The van der Waals surface area contributed by atoms with Crippen LogP contribution in [0, 0.1) is 17.3 Å². The van der Waals surface area contributed by atoms with Crippen LogP contribution in [0.4, 0.5) is 0 Å². The van der Waals surface area contributed by atoms with E-state index in [1.807, 2.05) is 0 Å². The number of rotatable bonds is 5. The highest BCUT2D eigenvalue weighted by Gasteiger charge is 2.59. The van der Waals surface area contributed by atoms with Gasteiger partial charge in [-0.1, -0.05) is 0 Å². The summed E-state index contributed by atoms with van der Waals surface area (Å²) in [5.41, 5.74) is -0.323. The first kappa shape index (κ1) is 17.7. The van der Waals surface area contributed by atoms with E-state index in [-0.39, 0.29) is 17.4 Å². The molecule has 1 saturated heterocycles. The minimum Gasteiger partial charge on any atom is -0.390 e. The Morgan fingerprint density at radius 3 is 2.48 bits per heavy atom. The van der Waals surface area contributed by atoms with E-state index in [2.05, 4.69) is 29.5 Å². The summed E-state index contributed by atoms with van der Waals surface area (Å²) in [6.45, 7) is 4.77. The van der Waals surface area contributed by atoms with Gasteiger partial charge in [-0.3, -0.25) is 9.69 Å². The summed E-state index contributed by atoms with van der Waals surface area (Å²) in [5.74, 6) is 1.49. The van der Waals surface area contributed by atoms with Gasteiger partial charge in [0.05, 0.1) is 12.1 Å². The lowest BCUT2D eigenvalue weighted by atomic mass is 9.46. The first-order chi connectivity index (χ1) is 11.9. The topological polar surface area (TPSA) is 64.6 Å². The quantitative estimate of drug-likeness (QED) is 0.704. The summed E-state index contributed by atoms with van der Waals surface area (Å²) in [7, 11) is 2.08. The Hall–Kier alpha value is -0.650. The molecule has 142 valence electrons. The lowest BCUT2D eigenvalue weighted by Crippen LogP contribution is -2.62. The van der Waals surface area contributed by atoms with Gasteiger partial charge in [0.25, 0.3) is 0 Å². The maximum absolute atomic E-state index is 12.6. The van der Waals surface area contributed by atoms with Crippen molar-refractivity contribution in [2.45, 2.75) is 76.0 Å². The first-order valence-corrected chi connectivity index (χ1v) is 10.3. The van der Waals surface area contributed by atoms with Crippen molar-refractivity contribution in [1.82, 2.24) is 15.5 Å². The molecule has 3 N–H and O–H groups in total. The third-order valence-electron chi connectivity index (χ3n) is 7.70. The number of likely N-dealkylation sites (N-methyl/N-ethyl adjacent to an activating group) is 1. The van der Waals surface area contributed by atoms with Crippen LogP contribution in [0.3, 0.4) is 0 Å². The number of hydrogen-bond acceptors (Lipinski definition) is 4. The second-order valence-corrected chi connectivity index (χ2v) is 9.73. The molecule has 1 amide bonds. The average molecular weight is 350 g/mol. The molecule has 5 aliphatic rings. The van der Waals surface area contributed by atoms with Crippen LogP contribution in [0.2, 0.25) is 0 Å². The van der Waals surface area contributed by atoms with Crippen LogP contribution in [-0.4, -0.2) is 60.3 Å². The summed E-state index contributed by atoms with van der Waals surface area (Å²) in [5, 5.41) is 17.6. The molecule has 1 heterocycles. The van der Waals surface area contributed by atoms with Crippen LogP contribution in [-0.2, 0) is 4.79 Å². The second kappa shape index (κ2) is 6.50. The van der Waals surface area contributed by atoms with Crippen molar-refractivity contribution in [1.29, 1.82) is 0 Å². The number of aliphatic hydroxyl groups is 1. The summed E-state index contributed by atoms with van der Waals surface area (Å²) in [6.07, 6.45) is 8.80. The number of nitrogens with zero attached hydrogens (tertiary/aromatic N) is 1. The zero-order chi connectivity index (χ0) is 17.7. The second-order valence-electron chi connectivity index (χ2n) is 9.73. The monoisotopic (exact) mass is 349 g/mol. The van der Waals surface area contributed by atoms with Gasteiger partial charge in [-0.25, -0.2) is 0 Å². The molecule has 25 heavy (non-hydrogen) atoms. The molecular weight excluding hydrogens is 314 g/mol. The highest BCUT2D eigenvalue weighted by Crippen LogP contribution is 2.62. The van der Waals surface area contributed by atoms with Crippen LogP contribution in [0.25, 0.3) is 0 Å². The van der Waals surface area contributed by atoms with E-state index in [9.17, 15) is 9.90 Å². The third kappa shape index (κ3) is 3.47. The molecule has 0 aromatic carbocycles. The zero-order valence-electron chi connectivity index (χ0n) is 15.9. The smallest absolute Gasteiger partial charge is 0.234 e. The first-order valence-electron chi connectivity index (χ1n) is 10.3. The molecule has 5 rings (SSSR count). The van der Waals surface area contributed by atoms with Gasteiger partial charge in [-0.15, -0.1) is 0 Å². The van der Waals surface area contributed by atoms with Crippen LogP contribution in [0.15, 0.2) is 0 Å². The van der Waals surface area contributed by atoms with Crippen molar-refractivity contribution in [3.63, 3.8) is 0 Å². The summed E-state index contributed by atoms with van der Waals surface area (Å²) in [6, 6.07) is 0.682. The maximum atomic E-state index is 12.6. The van der Waals surface area contributed by atoms with Crippen molar-refractivity contribution in [2.24, 2.45) is 17.3 Å². The highest BCUT2D eigenvalue weighted by atomic mass is 16.3. The van der Waals surface area contributed by atoms with E-state index in [1.54, 1.807) is 0 Å². The SMILES string of the molecule is C[C@@H](NC(=O)CN(C)C1CCNCC1)C12C[C@H]3C[C@@H](CC(O)(C3)C1)C2. The molecule has 5 fully saturated rings. The number of carbonyl (C=O) groups excluding carboxylic acids is 1. The molecule has 0 spiro atoms. The Balaban J connectivity index is 1.35. The normalized spacial score (nSPS) is 41.9. The Labute approximate surface area is 151 Å². The summed E-state index contributed by atoms with van der Waals surface area (Å²) < 4.78 is 0. The maximum Gasteiger partial charge on any atom is 0.234 e. The average Bonchev–Trinajstić information content (AvgIpc) is 2.53. The lowest BCUT2D eigenvalue weighted by Gasteiger charge is -2.62. The van der Waals surface area contributed by atoms with E-state index in [1.165, 1.54) is 19.3 Å². The lowest BCUT2D eigenvalue weighted by molar-refractivity contribution is -0.173. The molecule has 4 saturated carbocycles. The number of carbonyl (C=O) groups is 1. The van der Waals surface area contributed by atoms with E-state index < -0.39 is 5.60 Å². The van der Waals surface area contributed by atoms with Crippen molar-refractivity contribution < 1.29 is 9.90 Å². The summed E-state index contributed by atoms with van der Waals surface area (Å²) >= 11 is 0. The van der Waals surface area contributed by atoms with Crippen LogP contribution >= 0.6 is 0 Å². The zero-order valence-corrected chi connectivity index (χ0v) is 15.9. The predicted octanol–water partition coefficient (Wildman–Crippen LogP) is 1.51. The molecule has 3 atom stereocenters. The number of amides is 1.